The Bertz CT molecular complexity index is 407. The molecule has 1 aromatic carbocycles. The SMILES string of the molecule is C=CCNc1c([N+](=O)[O-])ccc(F)c1F. The van der Waals surface area contributed by atoms with Crippen molar-refractivity contribution >= 4 is 11.4 Å². The van der Waals surface area contributed by atoms with Gasteiger partial charge < -0.3 is 5.32 Å². The van der Waals surface area contributed by atoms with E-state index in [1.54, 1.807) is 0 Å². The van der Waals surface area contributed by atoms with Crippen LogP contribution >= 0.6 is 0 Å². The molecule has 0 aliphatic carbocycles. The van der Waals surface area contributed by atoms with Crippen LogP contribution in [0.5, 0.6) is 0 Å². The summed E-state index contributed by atoms with van der Waals surface area (Å²) in [6.07, 6.45) is 1.38. The zero-order chi connectivity index (χ0) is 11.4. The molecule has 4 nitrogen and oxygen atoms in total. The molecule has 0 unspecified atom stereocenters. The molecule has 80 valence electrons. The molecule has 0 aliphatic rings. The highest BCUT2D eigenvalue weighted by Gasteiger charge is 2.20. The summed E-state index contributed by atoms with van der Waals surface area (Å²) < 4.78 is 26.0. The van der Waals surface area contributed by atoms with Crippen LogP contribution in [-0.2, 0) is 0 Å². The molecular formula is C9H8F2N2O2. The van der Waals surface area contributed by atoms with Crippen LogP contribution in [0, 0.1) is 21.7 Å². The Hall–Kier alpha value is -1.98. The van der Waals surface area contributed by atoms with Crippen LogP contribution < -0.4 is 5.32 Å². The summed E-state index contributed by atoms with van der Waals surface area (Å²) in [4.78, 5) is 9.72. The maximum absolute atomic E-state index is 13.2. The number of anilines is 1. The lowest BCUT2D eigenvalue weighted by Gasteiger charge is -2.05. The highest BCUT2D eigenvalue weighted by atomic mass is 19.2. The van der Waals surface area contributed by atoms with E-state index in [9.17, 15) is 18.9 Å². The Kier molecular flexibility index (Phi) is 3.33. The smallest absolute Gasteiger partial charge is 0.295 e. The van der Waals surface area contributed by atoms with Crippen molar-refractivity contribution in [1.29, 1.82) is 0 Å². The summed E-state index contributed by atoms with van der Waals surface area (Å²) in [5, 5.41) is 12.9. The van der Waals surface area contributed by atoms with E-state index in [1.165, 1.54) is 6.08 Å². The van der Waals surface area contributed by atoms with Crippen LogP contribution in [0.15, 0.2) is 24.8 Å². The Morgan fingerprint density at radius 2 is 2.20 bits per heavy atom. The van der Waals surface area contributed by atoms with E-state index >= 15 is 0 Å². The second-order valence-corrected chi connectivity index (χ2v) is 2.68. The molecule has 1 rings (SSSR count). The first-order chi connectivity index (χ1) is 7.07. The van der Waals surface area contributed by atoms with Gasteiger partial charge in [0.15, 0.2) is 17.3 Å². The van der Waals surface area contributed by atoms with Crippen LogP contribution in [0.25, 0.3) is 0 Å². The van der Waals surface area contributed by atoms with Gasteiger partial charge in [0.25, 0.3) is 5.69 Å². The molecule has 6 heteroatoms. The van der Waals surface area contributed by atoms with Crippen molar-refractivity contribution in [2.45, 2.75) is 0 Å². The zero-order valence-corrected chi connectivity index (χ0v) is 7.67. The average molecular weight is 214 g/mol. The zero-order valence-electron chi connectivity index (χ0n) is 7.67. The highest BCUT2D eigenvalue weighted by Crippen LogP contribution is 2.28. The fourth-order valence-corrected chi connectivity index (χ4v) is 1.03. The van der Waals surface area contributed by atoms with Crippen molar-refractivity contribution in [3.05, 3.63) is 46.5 Å². The number of hydrogen-bond acceptors (Lipinski definition) is 3. The molecule has 0 spiro atoms. The van der Waals surface area contributed by atoms with Gasteiger partial charge >= 0.3 is 0 Å². The molecule has 1 aromatic rings. The summed E-state index contributed by atoms with van der Waals surface area (Å²) in [5.74, 6) is -2.39. The van der Waals surface area contributed by atoms with Crippen molar-refractivity contribution < 1.29 is 13.7 Å². The maximum Gasteiger partial charge on any atom is 0.295 e. The number of halogens is 2. The molecule has 0 saturated heterocycles. The minimum Gasteiger partial charge on any atom is -0.374 e. The first-order valence-electron chi connectivity index (χ1n) is 4.05. The van der Waals surface area contributed by atoms with E-state index in [1.807, 2.05) is 0 Å². The van der Waals surface area contributed by atoms with E-state index in [2.05, 4.69) is 11.9 Å². The lowest BCUT2D eigenvalue weighted by molar-refractivity contribution is -0.384. The van der Waals surface area contributed by atoms with E-state index in [4.69, 9.17) is 0 Å². The van der Waals surface area contributed by atoms with Crippen LogP contribution in [0.3, 0.4) is 0 Å². The van der Waals surface area contributed by atoms with Gasteiger partial charge in [0.1, 0.15) is 0 Å². The van der Waals surface area contributed by atoms with Crippen LogP contribution in [0.2, 0.25) is 0 Å². The van der Waals surface area contributed by atoms with Crippen LogP contribution in [0.4, 0.5) is 20.2 Å². The predicted octanol–water partition coefficient (Wildman–Crippen LogP) is 2.47. The fourth-order valence-electron chi connectivity index (χ4n) is 1.03. The van der Waals surface area contributed by atoms with Gasteiger partial charge in [-0.05, 0) is 6.07 Å². The van der Waals surface area contributed by atoms with Crippen molar-refractivity contribution in [2.75, 3.05) is 11.9 Å². The first-order valence-corrected chi connectivity index (χ1v) is 4.05. The molecule has 0 heterocycles. The monoisotopic (exact) mass is 214 g/mol. The highest BCUT2D eigenvalue weighted by molar-refractivity contribution is 5.62. The van der Waals surface area contributed by atoms with Gasteiger partial charge in [-0.3, -0.25) is 10.1 Å². The van der Waals surface area contributed by atoms with Gasteiger partial charge in [-0.2, -0.15) is 0 Å². The van der Waals surface area contributed by atoms with Gasteiger partial charge in [-0.25, -0.2) is 8.78 Å². The number of nitro benzene ring substituents is 1. The van der Waals surface area contributed by atoms with E-state index in [0.29, 0.717) is 6.07 Å². The van der Waals surface area contributed by atoms with Gasteiger partial charge in [-0.1, -0.05) is 6.08 Å². The van der Waals surface area contributed by atoms with E-state index in [-0.39, 0.29) is 6.54 Å². The fraction of sp³-hybridized carbons (Fsp3) is 0.111. The molecule has 1 N–H and O–H groups in total. The van der Waals surface area contributed by atoms with Gasteiger partial charge in [0, 0.05) is 12.6 Å². The third-order valence-corrected chi connectivity index (χ3v) is 1.69. The minimum atomic E-state index is -1.26. The molecule has 0 saturated carbocycles. The number of rotatable bonds is 4. The Morgan fingerprint density at radius 3 is 2.73 bits per heavy atom. The van der Waals surface area contributed by atoms with Crippen molar-refractivity contribution in [3.8, 4) is 0 Å². The Morgan fingerprint density at radius 1 is 1.53 bits per heavy atom. The summed E-state index contributed by atoms with van der Waals surface area (Å²) in [5.41, 5.74) is -0.962. The Labute approximate surface area is 84.4 Å². The molecule has 0 atom stereocenters. The van der Waals surface area contributed by atoms with Gasteiger partial charge in [0.05, 0.1) is 4.92 Å². The van der Waals surface area contributed by atoms with Gasteiger partial charge in [-0.15, -0.1) is 6.58 Å². The van der Waals surface area contributed by atoms with Crippen molar-refractivity contribution in [2.24, 2.45) is 0 Å². The summed E-state index contributed by atoms with van der Waals surface area (Å²) >= 11 is 0. The summed E-state index contributed by atoms with van der Waals surface area (Å²) in [6.45, 7) is 3.47. The lowest BCUT2D eigenvalue weighted by atomic mass is 10.2. The molecule has 0 bridgehead atoms. The predicted molar refractivity (Wildman–Crippen MR) is 51.7 cm³/mol. The van der Waals surface area contributed by atoms with E-state index in [0.717, 1.165) is 6.07 Å². The molecule has 0 aromatic heterocycles. The number of benzene rings is 1. The first kappa shape index (κ1) is 11.1. The Balaban J connectivity index is 3.21. The largest absolute Gasteiger partial charge is 0.374 e. The third kappa shape index (κ3) is 2.28. The molecule has 0 radical (unpaired) electrons. The van der Waals surface area contributed by atoms with Gasteiger partial charge in [0.2, 0.25) is 0 Å². The quantitative estimate of drug-likeness (QED) is 0.476. The number of nitro groups is 1. The summed E-state index contributed by atoms with van der Waals surface area (Å²) in [7, 11) is 0. The molecule has 0 amide bonds. The molecular weight excluding hydrogens is 206 g/mol. The van der Waals surface area contributed by atoms with Crippen molar-refractivity contribution in [3.63, 3.8) is 0 Å². The second-order valence-electron chi connectivity index (χ2n) is 2.68. The van der Waals surface area contributed by atoms with E-state index < -0.39 is 27.9 Å². The average Bonchev–Trinajstić information content (AvgIpc) is 2.19. The second kappa shape index (κ2) is 4.50. The third-order valence-electron chi connectivity index (χ3n) is 1.69. The maximum atomic E-state index is 13.2. The molecule has 15 heavy (non-hydrogen) atoms. The molecule has 0 fully saturated rings. The topological polar surface area (TPSA) is 55.2 Å². The summed E-state index contributed by atoms with van der Waals surface area (Å²) in [6, 6.07) is 1.62. The number of nitrogens with one attached hydrogen (secondary N) is 1. The minimum absolute atomic E-state index is 0.112. The molecule has 0 aliphatic heterocycles. The normalized spacial score (nSPS) is 9.73. The van der Waals surface area contributed by atoms with Crippen LogP contribution in [0.1, 0.15) is 0 Å². The van der Waals surface area contributed by atoms with Crippen molar-refractivity contribution in [1.82, 2.24) is 0 Å². The standard InChI is InChI=1S/C9H8F2N2O2/c1-2-5-12-9-7(13(14)15)4-3-6(10)8(9)11/h2-4,12H,1,5H2. The van der Waals surface area contributed by atoms with Crippen LogP contribution in [-0.4, -0.2) is 11.5 Å². The lowest BCUT2D eigenvalue weighted by Crippen LogP contribution is -2.05. The number of nitrogens with zero attached hydrogens (tertiary/aromatic N) is 1. The number of hydrogen-bond donors (Lipinski definition) is 1.